The highest BCUT2D eigenvalue weighted by Crippen LogP contribution is 2.20. The Hall–Kier alpha value is -3.20. The number of anilines is 1. The lowest BCUT2D eigenvalue weighted by atomic mass is 10.1. The van der Waals surface area contributed by atoms with Gasteiger partial charge >= 0.3 is 12.1 Å². The number of carbonyl (C=O) groups excluding carboxylic acids is 2. The average molecular weight is 512 g/mol. The number of nitrogens with zero attached hydrogens (tertiary/aromatic N) is 3. The van der Waals surface area contributed by atoms with Crippen LogP contribution in [0.1, 0.15) is 69.8 Å². The van der Waals surface area contributed by atoms with Gasteiger partial charge in [-0.05, 0) is 76.6 Å². The number of carbonyl (C=O) groups is 2. The van der Waals surface area contributed by atoms with E-state index in [1.807, 2.05) is 32.9 Å². The summed E-state index contributed by atoms with van der Waals surface area (Å²) in [6.07, 6.45) is 7.00. The molecule has 3 rings (SSSR count). The van der Waals surface area contributed by atoms with E-state index in [4.69, 9.17) is 14.5 Å². The lowest BCUT2D eigenvalue weighted by Crippen LogP contribution is -2.42. The second kappa shape index (κ2) is 13.9. The first-order chi connectivity index (χ1) is 17.7. The van der Waals surface area contributed by atoms with Crippen molar-refractivity contribution < 1.29 is 19.1 Å². The van der Waals surface area contributed by atoms with Gasteiger partial charge in [0, 0.05) is 50.3 Å². The topological polar surface area (TPSA) is 106 Å². The number of pyridine rings is 2. The van der Waals surface area contributed by atoms with Gasteiger partial charge in [0.2, 0.25) is 0 Å². The van der Waals surface area contributed by atoms with Gasteiger partial charge in [0.25, 0.3) is 0 Å². The third-order valence-corrected chi connectivity index (χ3v) is 6.00. The number of aromatic nitrogens is 2. The van der Waals surface area contributed by atoms with Crippen LogP contribution in [0.2, 0.25) is 0 Å². The van der Waals surface area contributed by atoms with Gasteiger partial charge in [0.15, 0.2) is 0 Å². The van der Waals surface area contributed by atoms with Crippen LogP contribution in [0.4, 0.5) is 10.6 Å². The molecule has 37 heavy (non-hydrogen) atoms. The van der Waals surface area contributed by atoms with Gasteiger partial charge in [0.05, 0.1) is 13.0 Å². The second-order valence-corrected chi connectivity index (χ2v) is 10.2. The maximum Gasteiger partial charge on any atom is 0.410 e. The predicted octanol–water partition coefficient (Wildman–Crippen LogP) is 4.29. The van der Waals surface area contributed by atoms with Crippen LogP contribution >= 0.6 is 0 Å². The van der Waals surface area contributed by atoms with Gasteiger partial charge in [0.1, 0.15) is 11.4 Å². The summed E-state index contributed by atoms with van der Waals surface area (Å²) in [7, 11) is 0. The summed E-state index contributed by atoms with van der Waals surface area (Å²) in [5.74, 6) is 0.708. The third-order valence-electron chi connectivity index (χ3n) is 6.00. The van der Waals surface area contributed by atoms with Gasteiger partial charge in [-0.2, -0.15) is 0 Å². The smallest absolute Gasteiger partial charge is 0.410 e. The molecule has 9 heteroatoms. The highest BCUT2D eigenvalue weighted by molar-refractivity contribution is 5.70. The van der Waals surface area contributed by atoms with Crippen LogP contribution in [0.5, 0.6) is 0 Å². The van der Waals surface area contributed by atoms with Crippen molar-refractivity contribution in [3.05, 3.63) is 53.5 Å². The molecule has 0 fully saturated rings. The normalized spacial score (nSPS) is 13.7. The van der Waals surface area contributed by atoms with E-state index < -0.39 is 5.60 Å². The predicted molar refractivity (Wildman–Crippen MR) is 143 cm³/mol. The molecule has 1 atom stereocenters. The van der Waals surface area contributed by atoms with E-state index in [0.29, 0.717) is 26.2 Å². The van der Waals surface area contributed by atoms with Crippen molar-refractivity contribution in [2.45, 2.75) is 71.4 Å². The molecule has 2 N–H and O–H groups in total. The Morgan fingerprint density at radius 2 is 2.05 bits per heavy atom. The molecule has 2 aromatic rings. The number of ether oxygens (including phenoxy) is 2. The van der Waals surface area contributed by atoms with Gasteiger partial charge in [-0.25, -0.2) is 9.78 Å². The maximum absolute atomic E-state index is 13.0. The highest BCUT2D eigenvalue weighted by atomic mass is 16.6. The zero-order valence-corrected chi connectivity index (χ0v) is 22.6. The van der Waals surface area contributed by atoms with Crippen LogP contribution in [-0.4, -0.2) is 65.3 Å². The molecule has 0 aliphatic carbocycles. The minimum Gasteiger partial charge on any atom is -0.466 e. The number of fused-ring (bicyclic) bond motifs is 1. The molecule has 2 aromatic heterocycles. The molecule has 1 amide bonds. The molecule has 0 unspecified atom stereocenters. The van der Waals surface area contributed by atoms with Crippen LogP contribution < -0.4 is 10.6 Å². The van der Waals surface area contributed by atoms with Gasteiger partial charge in [-0.1, -0.05) is 12.1 Å². The number of hydrogen-bond acceptors (Lipinski definition) is 8. The lowest BCUT2D eigenvalue weighted by Gasteiger charge is -2.28. The summed E-state index contributed by atoms with van der Waals surface area (Å²) in [4.78, 5) is 35.8. The number of aryl methyl sites for hydroxylation is 2. The molecule has 0 aromatic carbocycles. The third kappa shape index (κ3) is 9.64. The average Bonchev–Trinajstić information content (AvgIpc) is 2.86. The monoisotopic (exact) mass is 511 g/mol. The van der Waals surface area contributed by atoms with E-state index >= 15 is 0 Å². The van der Waals surface area contributed by atoms with Crippen LogP contribution in [0, 0.1) is 0 Å². The standard InChI is InChI=1S/C28H41N5O4/c1-5-36-25(34)19-24(22-10-6-14-29-20-22)30-16-18-33(27(35)37-28(2,3)4)17-8-11-23-13-12-21-9-7-15-31-26(21)32-23/h6,10,12-14,20,24,30H,5,7-9,11,15-19H2,1-4H3,(H,31,32)/t24-/m0/s1. The Kier molecular flexibility index (Phi) is 10.7. The van der Waals surface area contributed by atoms with E-state index in [1.165, 1.54) is 5.56 Å². The first-order valence-electron chi connectivity index (χ1n) is 13.2. The number of esters is 1. The van der Waals surface area contributed by atoms with E-state index in [-0.39, 0.29) is 24.5 Å². The summed E-state index contributed by atoms with van der Waals surface area (Å²) in [6.45, 7) is 10.1. The van der Waals surface area contributed by atoms with Gasteiger partial charge in [-0.3, -0.25) is 9.78 Å². The minimum absolute atomic E-state index is 0.185. The number of nitrogens with one attached hydrogen (secondary N) is 2. The molecule has 0 radical (unpaired) electrons. The zero-order valence-electron chi connectivity index (χ0n) is 22.6. The largest absolute Gasteiger partial charge is 0.466 e. The number of rotatable bonds is 12. The highest BCUT2D eigenvalue weighted by Gasteiger charge is 2.23. The van der Waals surface area contributed by atoms with Crippen molar-refractivity contribution in [2.24, 2.45) is 0 Å². The van der Waals surface area contributed by atoms with Crippen LogP contribution in [-0.2, 0) is 27.1 Å². The van der Waals surface area contributed by atoms with Crippen molar-refractivity contribution >= 4 is 17.9 Å². The minimum atomic E-state index is -0.587. The summed E-state index contributed by atoms with van der Waals surface area (Å²) >= 11 is 0. The molecule has 0 saturated carbocycles. The molecule has 0 spiro atoms. The number of hydrogen-bond donors (Lipinski definition) is 2. The van der Waals surface area contributed by atoms with Crippen LogP contribution in [0.25, 0.3) is 0 Å². The Labute approximate surface area is 220 Å². The molecular weight excluding hydrogens is 470 g/mol. The zero-order chi connectivity index (χ0) is 26.7. The fourth-order valence-corrected chi connectivity index (χ4v) is 4.23. The molecule has 9 nitrogen and oxygen atoms in total. The Morgan fingerprint density at radius 3 is 2.78 bits per heavy atom. The van der Waals surface area contributed by atoms with E-state index in [9.17, 15) is 9.59 Å². The van der Waals surface area contributed by atoms with Gasteiger partial charge in [-0.15, -0.1) is 0 Å². The molecule has 1 aliphatic heterocycles. The van der Waals surface area contributed by atoms with E-state index in [0.717, 1.165) is 49.3 Å². The SMILES string of the molecule is CCOC(=O)C[C@H](NCCN(CCCc1ccc2c(n1)NCCC2)C(=O)OC(C)(C)C)c1cccnc1. The van der Waals surface area contributed by atoms with Crippen LogP contribution in [0.3, 0.4) is 0 Å². The van der Waals surface area contributed by atoms with Crippen molar-refractivity contribution in [3.8, 4) is 0 Å². The molecular formula is C28H41N5O4. The van der Waals surface area contributed by atoms with Crippen molar-refractivity contribution in [2.75, 3.05) is 38.1 Å². The summed E-state index contributed by atoms with van der Waals surface area (Å²) < 4.78 is 10.8. The molecule has 0 saturated heterocycles. The first-order valence-corrected chi connectivity index (χ1v) is 13.2. The molecule has 1 aliphatic rings. The molecule has 3 heterocycles. The summed E-state index contributed by atoms with van der Waals surface area (Å²) in [6, 6.07) is 7.74. The molecule has 202 valence electrons. The van der Waals surface area contributed by atoms with Crippen molar-refractivity contribution in [3.63, 3.8) is 0 Å². The fourth-order valence-electron chi connectivity index (χ4n) is 4.23. The van der Waals surface area contributed by atoms with Crippen LogP contribution in [0.15, 0.2) is 36.7 Å². The fraction of sp³-hybridized carbons (Fsp3) is 0.571. The van der Waals surface area contributed by atoms with Gasteiger partial charge < -0.3 is 25.0 Å². The Morgan fingerprint density at radius 1 is 1.22 bits per heavy atom. The summed E-state index contributed by atoms with van der Waals surface area (Å²) in [5.41, 5.74) is 2.59. The molecule has 0 bridgehead atoms. The number of amides is 1. The van der Waals surface area contributed by atoms with E-state index in [2.05, 4.69) is 27.8 Å². The maximum atomic E-state index is 13.0. The lowest BCUT2D eigenvalue weighted by molar-refractivity contribution is -0.143. The first kappa shape index (κ1) is 28.4. The quantitative estimate of drug-likeness (QED) is 0.407. The Balaban J connectivity index is 1.59. The van der Waals surface area contributed by atoms with E-state index in [1.54, 1.807) is 24.2 Å². The summed E-state index contributed by atoms with van der Waals surface area (Å²) in [5, 5.41) is 6.78. The van der Waals surface area contributed by atoms with Crippen molar-refractivity contribution in [1.82, 2.24) is 20.2 Å². The van der Waals surface area contributed by atoms with Crippen molar-refractivity contribution in [1.29, 1.82) is 0 Å². The Bertz CT molecular complexity index is 1010. The second-order valence-electron chi connectivity index (χ2n) is 10.2.